The van der Waals surface area contributed by atoms with Crippen LogP contribution in [0.5, 0.6) is 0 Å². The SMILES string of the molecule is NCC1(C(=O)c2cccc3ncccc23)CCC1. The zero-order chi connectivity index (χ0) is 12.6. The normalized spacial score (nSPS) is 17.4. The lowest BCUT2D eigenvalue weighted by Gasteiger charge is -2.39. The monoisotopic (exact) mass is 240 g/mol. The van der Waals surface area contributed by atoms with Crippen molar-refractivity contribution in [3.05, 3.63) is 42.1 Å². The molecule has 1 heterocycles. The fraction of sp³-hybridized carbons (Fsp3) is 0.333. The van der Waals surface area contributed by atoms with Crippen molar-refractivity contribution < 1.29 is 4.79 Å². The second kappa shape index (κ2) is 4.18. The Kier molecular flexibility index (Phi) is 2.63. The predicted octanol–water partition coefficient (Wildman–Crippen LogP) is 2.55. The Hall–Kier alpha value is -1.74. The van der Waals surface area contributed by atoms with Gasteiger partial charge in [-0.15, -0.1) is 0 Å². The molecule has 1 aromatic carbocycles. The van der Waals surface area contributed by atoms with E-state index in [4.69, 9.17) is 5.73 Å². The first-order chi connectivity index (χ1) is 8.77. The summed E-state index contributed by atoms with van der Waals surface area (Å²) in [4.78, 5) is 17.0. The number of hydrogen-bond acceptors (Lipinski definition) is 3. The van der Waals surface area contributed by atoms with Crippen LogP contribution in [0.15, 0.2) is 36.5 Å². The molecule has 1 fully saturated rings. The van der Waals surface area contributed by atoms with Crippen molar-refractivity contribution in [2.45, 2.75) is 19.3 Å². The molecule has 3 heteroatoms. The number of Topliss-reactive ketones (excluding diaryl/α,β-unsaturated/α-hetero) is 1. The van der Waals surface area contributed by atoms with Crippen LogP contribution in [0.2, 0.25) is 0 Å². The molecule has 2 aromatic rings. The molecule has 92 valence electrons. The van der Waals surface area contributed by atoms with Gasteiger partial charge in [0, 0.05) is 29.1 Å². The second-order valence-electron chi connectivity index (χ2n) is 5.04. The topological polar surface area (TPSA) is 56.0 Å². The van der Waals surface area contributed by atoms with Crippen LogP contribution in [0.3, 0.4) is 0 Å². The standard InChI is InChI=1S/C15H16N2O/c16-10-15(7-3-8-15)14(18)12-4-1-6-13-11(12)5-2-9-17-13/h1-2,4-6,9H,3,7-8,10,16H2. The molecule has 0 amide bonds. The average Bonchev–Trinajstić information content (AvgIpc) is 2.37. The number of hydrogen-bond donors (Lipinski definition) is 1. The van der Waals surface area contributed by atoms with E-state index in [1.54, 1.807) is 6.20 Å². The minimum Gasteiger partial charge on any atom is -0.329 e. The Morgan fingerprint density at radius 1 is 1.28 bits per heavy atom. The zero-order valence-corrected chi connectivity index (χ0v) is 10.2. The number of nitrogens with zero attached hydrogens (tertiary/aromatic N) is 1. The lowest BCUT2D eigenvalue weighted by Crippen LogP contribution is -2.44. The molecule has 1 aliphatic rings. The molecule has 2 N–H and O–H groups in total. The van der Waals surface area contributed by atoms with Crippen LogP contribution in [-0.2, 0) is 0 Å². The van der Waals surface area contributed by atoms with Gasteiger partial charge in [-0.25, -0.2) is 0 Å². The largest absolute Gasteiger partial charge is 0.329 e. The van der Waals surface area contributed by atoms with Gasteiger partial charge in [0.1, 0.15) is 0 Å². The maximum atomic E-state index is 12.7. The first kappa shape index (κ1) is 11.4. The number of carbonyl (C=O) groups excluding carboxylic acids is 1. The first-order valence-corrected chi connectivity index (χ1v) is 6.35. The van der Waals surface area contributed by atoms with Gasteiger partial charge in [-0.3, -0.25) is 9.78 Å². The fourth-order valence-corrected chi connectivity index (χ4v) is 2.71. The van der Waals surface area contributed by atoms with Gasteiger partial charge in [0.25, 0.3) is 0 Å². The number of benzene rings is 1. The van der Waals surface area contributed by atoms with Gasteiger partial charge < -0.3 is 5.73 Å². The Balaban J connectivity index is 2.12. The summed E-state index contributed by atoms with van der Waals surface area (Å²) in [6.07, 6.45) is 4.68. The number of ketones is 1. The summed E-state index contributed by atoms with van der Waals surface area (Å²) in [7, 11) is 0. The summed E-state index contributed by atoms with van der Waals surface area (Å²) in [5.41, 5.74) is 7.14. The summed E-state index contributed by atoms with van der Waals surface area (Å²) >= 11 is 0. The Labute approximate surface area is 106 Å². The van der Waals surface area contributed by atoms with Crippen molar-refractivity contribution in [3.63, 3.8) is 0 Å². The number of fused-ring (bicyclic) bond motifs is 1. The quantitative estimate of drug-likeness (QED) is 0.839. The maximum absolute atomic E-state index is 12.7. The van der Waals surface area contributed by atoms with Gasteiger partial charge in [-0.1, -0.05) is 24.6 Å². The number of aromatic nitrogens is 1. The highest BCUT2D eigenvalue weighted by Crippen LogP contribution is 2.43. The van der Waals surface area contributed by atoms with E-state index in [0.29, 0.717) is 6.54 Å². The molecule has 0 saturated heterocycles. The summed E-state index contributed by atoms with van der Waals surface area (Å²) in [6.45, 7) is 0.447. The molecular formula is C15H16N2O. The molecule has 18 heavy (non-hydrogen) atoms. The van der Waals surface area contributed by atoms with E-state index in [1.165, 1.54) is 0 Å². The Morgan fingerprint density at radius 3 is 2.78 bits per heavy atom. The number of nitrogens with two attached hydrogens (primary N) is 1. The van der Waals surface area contributed by atoms with Gasteiger partial charge in [0.15, 0.2) is 5.78 Å². The van der Waals surface area contributed by atoms with Gasteiger partial charge in [-0.2, -0.15) is 0 Å². The third-order valence-corrected chi connectivity index (χ3v) is 4.07. The summed E-state index contributed by atoms with van der Waals surface area (Å²) in [5.74, 6) is 0.190. The highest BCUT2D eigenvalue weighted by Gasteiger charge is 2.43. The summed E-state index contributed by atoms with van der Waals surface area (Å²) in [6, 6.07) is 9.54. The molecule has 1 saturated carbocycles. The third-order valence-electron chi connectivity index (χ3n) is 4.07. The van der Waals surface area contributed by atoms with Crippen molar-refractivity contribution in [1.29, 1.82) is 0 Å². The minimum absolute atomic E-state index is 0.190. The van der Waals surface area contributed by atoms with Crippen LogP contribution in [0.1, 0.15) is 29.6 Å². The van der Waals surface area contributed by atoms with Crippen LogP contribution in [0.25, 0.3) is 10.9 Å². The maximum Gasteiger partial charge on any atom is 0.170 e. The molecule has 3 rings (SSSR count). The molecule has 0 unspecified atom stereocenters. The Bertz CT molecular complexity index is 591. The fourth-order valence-electron chi connectivity index (χ4n) is 2.71. The molecule has 0 radical (unpaired) electrons. The minimum atomic E-state index is -0.315. The molecule has 1 aromatic heterocycles. The number of carbonyl (C=O) groups is 1. The molecule has 0 atom stereocenters. The molecule has 0 bridgehead atoms. The summed E-state index contributed by atoms with van der Waals surface area (Å²) < 4.78 is 0. The Morgan fingerprint density at radius 2 is 2.11 bits per heavy atom. The number of pyridine rings is 1. The number of rotatable bonds is 3. The average molecular weight is 240 g/mol. The highest BCUT2D eigenvalue weighted by molar-refractivity contribution is 6.10. The van der Waals surface area contributed by atoms with E-state index in [-0.39, 0.29) is 11.2 Å². The van der Waals surface area contributed by atoms with Gasteiger partial charge in [0.05, 0.1) is 5.52 Å². The molecular weight excluding hydrogens is 224 g/mol. The molecule has 1 aliphatic carbocycles. The van der Waals surface area contributed by atoms with Gasteiger partial charge in [-0.05, 0) is 25.0 Å². The van der Waals surface area contributed by atoms with Gasteiger partial charge in [0.2, 0.25) is 0 Å². The first-order valence-electron chi connectivity index (χ1n) is 6.35. The smallest absolute Gasteiger partial charge is 0.170 e. The van der Waals surface area contributed by atoms with Crippen molar-refractivity contribution in [2.24, 2.45) is 11.1 Å². The zero-order valence-electron chi connectivity index (χ0n) is 10.2. The summed E-state index contributed by atoms with van der Waals surface area (Å²) in [5, 5.41) is 0.935. The van der Waals surface area contributed by atoms with E-state index >= 15 is 0 Å². The second-order valence-corrected chi connectivity index (χ2v) is 5.04. The van der Waals surface area contributed by atoms with E-state index in [2.05, 4.69) is 4.98 Å². The van der Waals surface area contributed by atoms with Crippen molar-refractivity contribution in [2.75, 3.05) is 6.54 Å². The highest BCUT2D eigenvalue weighted by atomic mass is 16.1. The molecule has 3 nitrogen and oxygen atoms in total. The van der Waals surface area contributed by atoms with E-state index in [1.807, 2.05) is 30.3 Å². The third kappa shape index (κ3) is 1.55. The van der Waals surface area contributed by atoms with Crippen molar-refractivity contribution in [1.82, 2.24) is 4.98 Å². The molecule has 0 spiro atoms. The molecule has 0 aliphatic heterocycles. The van der Waals surface area contributed by atoms with E-state index in [9.17, 15) is 4.79 Å². The van der Waals surface area contributed by atoms with E-state index in [0.717, 1.165) is 35.7 Å². The van der Waals surface area contributed by atoms with Crippen LogP contribution in [0, 0.1) is 5.41 Å². The van der Waals surface area contributed by atoms with Crippen LogP contribution in [-0.4, -0.2) is 17.3 Å². The van der Waals surface area contributed by atoms with Crippen LogP contribution < -0.4 is 5.73 Å². The lowest BCUT2D eigenvalue weighted by molar-refractivity contribution is 0.0638. The van der Waals surface area contributed by atoms with Crippen LogP contribution >= 0.6 is 0 Å². The van der Waals surface area contributed by atoms with Crippen LogP contribution in [0.4, 0.5) is 0 Å². The van der Waals surface area contributed by atoms with Crippen molar-refractivity contribution in [3.8, 4) is 0 Å². The van der Waals surface area contributed by atoms with Gasteiger partial charge >= 0.3 is 0 Å². The van der Waals surface area contributed by atoms with E-state index < -0.39 is 0 Å². The predicted molar refractivity (Wildman–Crippen MR) is 71.4 cm³/mol. The van der Waals surface area contributed by atoms with Crippen molar-refractivity contribution >= 4 is 16.7 Å². The lowest BCUT2D eigenvalue weighted by atomic mass is 9.64.